The Morgan fingerprint density at radius 2 is 1.73 bits per heavy atom. The largest absolute Gasteiger partial charge is 0.461 e. The number of amides is 2. The first-order valence-corrected chi connectivity index (χ1v) is 12.6. The highest BCUT2D eigenvalue weighted by Gasteiger charge is 2.38. The molecule has 0 aromatic heterocycles. The maximum absolute atomic E-state index is 13.4. The molecule has 3 rings (SSSR count). The Balaban J connectivity index is 1.73. The average Bonchev–Trinajstić information content (AvgIpc) is 3.38. The fourth-order valence-electron chi connectivity index (χ4n) is 4.43. The number of ketones is 1. The van der Waals surface area contributed by atoms with E-state index in [-0.39, 0.29) is 36.5 Å². The van der Waals surface area contributed by atoms with Gasteiger partial charge in [0.05, 0.1) is 23.8 Å². The number of esters is 1. The molecule has 0 unspecified atom stereocenters. The number of nitrogens with zero attached hydrogens (tertiary/aromatic N) is 2. The number of carbonyl (C=O) groups is 4. The quantitative estimate of drug-likeness (QED) is 0.497. The zero-order chi connectivity index (χ0) is 26.9. The molecule has 1 aliphatic rings. The predicted octanol–water partition coefficient (Wildman–Crippen LogP) is 3.44. The second kappa shape index (κ2) is 12.8. The molecule has 2 aromatic carbocycles. The van der Waals surface area contributed by atoms with Crippen LogP contribution in [0.3, 0.4) is 0 Å². The van der Waals surface area contributed by atoms with E-state index in [0.29, 0.717) is 30.5 Å². The van der Waals surface area contributed by atoms with Crippen molar-refractivity contribution in [2.75, 3.05) is 6.54 Å². The molecule has 1 saturated heterocycles. The van der Waals surface area contributed by atoms with Gasteiger partial charge in [0.1, 0.15) is 6.04 Å². The first kappa shape index (κ1) is 27.6. The summed E-state index contributed by atoms with van der Waals surface area (Å²) in [6, 6.07) is 16.0. The van der Waals surface area contributed by atoms with Crippen molar-refractivity contribution in [2.24, 2.45) is 5.92 Å². The molecule has 0 radical (unpaired) electrons. The lowest BCUT2D eigenvalue weighted by atomic mass is 9.94. The summed E-state index contributed by atoms with van der Waals surface area (Å²) in [5, 5.41) is 11.9. The van der Waals surface area contributed by atoms with Gasteiger partial charge >= 0.3 is 5.97 Å². The smallest absolute Gasteiger partial charge is 0.329 e. The third-order valence-corrected chi connectivity index (χ3v) is 6.34. The van der Waals surface area contributed by atoms with E-state index in [1.165, 1.54) is 4.90 Å². The molecule has 1 fully saturated rings. The number of hydrogen-bond acceptors (Lipinski definition) is 6. The van der Waals surface area contributed by atoms with Crippen LogP contribution >= 0.6 is 0 Å². The molecule has 0 saturated carbocycles. The fourth-order valence-corrected chi connectivity index (χ4v) is 4.43. The van der Waals surface area contributed by atoms with Gasteiger partial charge in [-0.1, -0.05) is 37.3 Å². The highest BCUT2D eigenvalue weighted by Crippen LogP contribution is 2.23. The number of ether oxygens (including phenoxy) is 1. The Bertz CT molecular complexity index is 1150. The van der Waals surface area contributed by atoms with Crippen molar-refractivity contribution in [3.05, 3.63) is 71.3 Å². The topological polar surface area (TPSA) is 117 Å². The summed E-state index contributed by atoms with van der Waals surface area (Å²) < 4.78 is 5.31. The van der Waals surface area contributed by atoms with Crippen LogP contribution in [0.2, 0.25) is 0 Å². The van der Waals surface area contributed by atoms with Crippen LogP contribution in [-0.2, 0) is 25.5 Å². The van der Waals surface area contributed by atoms with Gasteiger partial charge in [-0.2, -0.15) is 5.26 Å². The molecule has 1 N–H and O–H groups in total. The second-order valence-corrected chi connectivity index (χ2v) is 9.65. The summed E-state index contributed by atoms with van der Waals surface area (Å²) in [6.45, 7) is 5.63. The van der Waals surface area contributed by atoms with E-state index in [1.54, 1.807) is 75.4 Å². The van der Waals surface area contributed by atoms with Gasteiger partial charge in [-0.25, -0.2) is 4.79 Å². The van der Waals surface area contributed by atoms with Crippen molar-refractivity contribution in [3.8, 4) is 6.07 Å². The summed E-state index contributed by atoms with van der Waals surface area (Å²) in [5.74, 6) is -2.04. The molecular formula is C29H33N3O5. The van der Waals surface area contributed by atoms with Crippen LogP contribution in [0.5, 0.6) is 0 Å². The highest BCUT2D eigenvalue weighted by molar-refractivity contribution is 5.99. The molecule has 0 spiro atoms. The van der Waals surface area contributed by atoms with Crippen LogP contribution in [0.1, 0.15) is 61.5 Å². The monoisotopic (exact) mass is 503 g/mol. The number of rotatable bonds is 10. The van der Waals surface area contributed by atoms with Gasteiger partial charge in [0.25, 0.3) is 5.91 Å². The zero-order valence-corrected chi connectivity index (χ0v) is 21.5. The van der Waals surface area contributed by atoms with Crippen LogP contribution < -0.4 is 5.32 Å². The number of nitriles is 1. The second-order valence-electron chi connectivity index (χ2n) is 9.65. The van der Waals surface area contributed by atoms with Crippen LogP contribution in [0.25, 0.3) is 0 Å². The minimum absolute atomic E-state index is 0.0860. The van der Waals surface area contributed by atoms with Gasteiger partial charge in [-0.3, -0.25) is 14.4 Å². The Labute approximate surface area is 217 Å². The summed E-state index contributed by atoms with van der Waals surface area (Å²) in [7, 11) is 0. The maximum atomic E-state index is 13.4. The number of hydrogen-bond donors (Lipinski definition) is 1. The van der Waals surface area contributed by atoms with Crippen LogP contribution in [0.4, 0.5) is 0 Å². The number of benzene rings is 2. The highest BCUT2D eigenvalue weighted by atomic mass is 16.5. The summed E-state index contributed by atoms with van der Waals surface area (Å²) in [5.41, 5.74) is 1.70. The average molecular weight is 504 g/mol. The van der Waals surface area contributed by atoms with Crippen molar-refractivity contribution in [3.63, 3.8) is 0 Å². The molecule has 2 amide bonds. The Morgan fingerprint density at radius 3 is 2.35 bits per heavy atom. The van der Waals surface area contributed by atoms with E-state index < -0.39 is 24.0 Å². The molecule has 194 valence electrons. The molecule has 2 aromatic rings. The lowest BCUT2D eigenvalue weighted by Gasteiger charge is -2.27. The lowest BCUT2D eigenvalue weighted by molar-refractivity contribution is -0.157. The van der Waals surface area contributed by atoms with E-state index >= 15 is 0 Å². The number of Topliss-reactive ketones (excluding diaryl/α,β-unsaturated/α-hetero) is 1. The third-order valence-electron chi connectivity index (χ3n) is 6.34. The third kappa shape index (κ3) is 7.50. The minimum Gasteiger partial charge on any atom is -0.461 e. The predicted molar refractivity (Wildman–Crippen MR) is 137 cm³/mol. The standard InChI is InChI=1S/C29H33N3O5/c1-19(2)37-29(36)25-10-7-15-32(25)28(35)20(3)16-26(33)24(17-21-11-13-22(18-30)14-12-21)31-27(34)23-8-5-4-6-9-23/h4-6,8-9,11-14,19-20,24-25H,7,10,15-17H2,1-3H3,(H,31,34)/t20-,24+,25-/m0/s1. The van der Waals surface area contributed by atoms with Gasteiger partial charge in [-0.05, 0) is 62.9 Å². The molecule has 3 atom stereocenters. The first-order valence-electron chi connectivity index (χ1n) is 12.6. The molecular weight excluding hydrogens is 470 g/mol. The number of likely N-dealkylation sites (tertiary alicyclic amines) is 1. The molecule has 37 heavy (non-hydrogen) atoms. The Morgan fingerprint density at radius 1 is 1.05 bits per heavy atom. The minimum atomic E-state index is -0.865. The molecule has 1 heterocycles. The van der Waals surface area contributed by atoms with Crippen molar-refractivity contribution < 1.29 is 23.9 Å². The Kier molecular flexibility index (Phi) is 9.56. The van der Waals surface area contributed by atoms with Crippen LogP contribution in [0.15, 0.2) is 54.6 Å². The van der Waals surface area contributed by atoms with Crippen molar-refractivity contribution in [1.29, 1.82) is 5.26 Å². The molecule has 0 bridgehead atoms. The van der Waals surface area contributed by atoms with Gasteiger partial charge in [0.15, 0.2) is 5.78 Å². The summed E-state index contributed by atoms with van der Waals surface area (Å²) in [6.07, 6.45) is 1.08. The zero-order valence-electron chi connectivity index (χ0n) is 21.5. The lowest BCUT2D eigenvalue weighted by Crippen LogP contribution is -2.46. The summed E-state index contributed by atoms with van der Waals surface area (Å²) in [4.78, 5) is 53.5. The molecule has 0 aliphatic carbocycles. The first-order chi connectivity index (χ1) is 17.7. The molecule has 8 heteroatoms. The Hall–Kier alpha value is -3.99. The van der Waals surface area contributed by atoms with E-state index in [2.05, 4.69) is 11.4 Å². The normalized spacial score (nSPS) is 16.5. The van der Waals surface area contributed by atoms with Gasteiger partial charge in [-0.15, -0.1) is 0 Å². The number of carbonyl (C=O) groups excluding carboxylic acids is 4. The van der Waals surface area contributed by atoms with E-state index in [0.717, 1.165) is 5.56 Å². The van der Waals surface area contributed by atoms with Gasteiger partial charge < -0.3 is 15.0 Å². The van der Waals surface area contributed by atoms with Gasteiger partial charge in [0.2, 0.25) is 5.91 Å². The van der Waals surface area contributed by atoms with E-state index in [1.807, 2.05) is 0 Å². The van der Waals surface area contributed by atoms with Gasteiger partial charge in [0, 0.05) is 24.4 Å². The summed E-state index contributed by atoms with van der Waals surface area (Å²) >= 11 is 0. The number of nitrogens with one attached hydrogen (secondary N) is 1. The van der Waals surface area contributed by atoms with Crippen molar-refractivity contribution in [1.82, 2.24) is 10.2 Å². The van der Waals surface area contributed by atoms with Crippen LogP contribution in [0, 0.1) is 17.2 Å². The van der Waals surface area contributed by atoms with Crippen molar-refractivity contribution >= 4 is 23.6 Å². The van der Waals surface area contributed by atoms with Crippen molar-refractivity contribution in [2.45, 2.75) is 64.6 Å². The maximum Gasteiger partial charge on any atom is 0.329 e. The molecule has 1 aliphatic heterocycles. The molecule has 8 nitrogen and oxygen atoms in total. The SMILES string of the molecule is CC(C)OC(=O)[C@@H]1CCCN1C(=O)[C@@H](C)CC(=O)[C@@H](Cc1ccc(C#N)cc1)NC(=O)c1ccccc1. The van der Waals surface area contributed by atoms with E-state index in [4.69, 9.17) is 10.00 Å². The fraction of sp³-hybridized carbons (Fsp3) is 0.414. The van der Waals surface area contributed by atoms with Crippen LogP contribution in [-0.4, -0.2) is 53.2 Å². The van der Waals surface area contributed by atoms with E-state index in [9.17, 15) is 19.2 Å².